The zero-order valence-corrected chi connectivity index (χ0v) is 25.7. The maximum Gasteiger partial charge on any atom is 0.156 e. The normalized spacial score (nSPS) is 12.0. The topological polar surface area (TPSA) is 17.3 Å². The van der Waals surface area contributed by atoms with Crippen LogP contribution in [-0.4, -0.2) is 9.38 Å². The third-order valence-electron chi connectivity index (χ3n) is 9.03. The molecule has 10 rings (SSSR count). The van der Waals surface area contributed by atoms with Crippen LogP contribution in [0.2, 0.25) is 0 Å². The molecule has 0 fully saturated rings. The quantitative estimate of drug-likeness (QED) is 0.195. The van der Waals surface area contributed by atoms with Crippen molar-refractivity contribution in [2.75, 3.05) is 0 Å². The van der Waals surface area contributed by atoms with E-state index in [1.54, 1.807) is 0 Å². The van der Waals surface area contributed by atoms with Crippen molar-refractivity contribution in [3.63, 3.8) is 0 Å². The summed E-state index contributed by atoms with van der Waals surface area (Å²) in [7, 11) is 0. The Morgan fingerprint density at radius 3 is 1.73 bits per heavy atom. The Balaban J connectivity index is 1.05. The summed E-state index contributed by atoms with van der Waals surface area (Å²) in [6.07, 6.45) is 0. The number of hydrogen-bond donors (Lipinski definition) is 0. The van der Waals surface area contributed by atoms with E-state index in [1.165, 1.54) is 68.2 Å². The van der Waals surface area contributed by atoms with Crippen molar-refractivity contribution in [1.82, 2.24) is 9.38 Å². The first-order valence-corrected chi connectivity index (χ1v) is 16.8. The Morgan fingerprint density at radius 1 is 0.422 bits per heavy atom. The second-order valence-electron chi connectivity index (χ2n) is 11.6. The predicted molar refractivity (Wildman–Crippen MR) is 195 cm³/mol. The number of nitrogens with zero attached hydrogens (tertiary/aromatic N) is 2. The molecule has 0 spiro atoms. The van der Waals surface area contributed by atoms with Gasteiger partial charge in [-0.3, -0.25) is 4.40 Å². The minimum Gasteiger partial charge on any atom is -0.291 e. The van der Waals surface area contributed by atoms with Gasteiger partial charge in [-0.25, -0.2) is 4.98 Å². The molecule has 0 aliphatic rings. The fourth-order valence-electron chi connectivity index (χ4n) is 6.80. The van der Waals surface area contributed by atoms with Gasteiger partial charge in [0.1, 0.15) is 0 Å². The van der Waals surface area contributed by atoms with Gasteiger partial charge in [0.25, 0.3) is 0 Å². The molecule has 10 aromatic rings. The molecule has 0 amide bonds. The van der Waals surface area contributed by atoms with E-state index in [2.05, 4.69) is 150 Å². The number of fused-ring (bicyclic) bond motifs is 10. The lowest BCUT2D eigenvalue weighted by atomic mass is 9.98. The van der Waals surface area contributed by atoms with Crippen LogP contribution in [-0.2, 0) is 0 Å². The number of aromatic nitrogens is 2. The molecule has 0 N–H and O–H groups in total. The van der Waals surface area contributed by atoms with Gasteiger partial charge < -0.3 is 0 Å². The van der Waals surface area contributed by atoms with Gasteiger partial charge in [0, 0.05) is 35.6 Å². The number of benzene rings is 6. The molecule has 4 heteroatoms. The van der Waals surface area contributed by atoms with Crippen molar-refractivity contribution in [2.24, 2.45) is 0 Å². The van der Waals surface area contributed by atoms with Crippen molar-refractivity contribution in [2.45, 2.75) is 0 Å². The second kappa shape index (κ2) is 9.60. The average Bonchev–Trinajstić information content (AvgIpc) is 3.79. The SMILES string of the molecule is c1ccc2c(c1)nc1c3sc4ccccc4c3cc(-c3ccc(-c4ccc(-c5ccc6sc7ccccc7c6c5)cc4)cc3)n21. The molecule has 4 aromatic heterocycles. The first-order valence-electron chi connectivity index (χ1n) is 15.1. The Kier molecular flexibility index (Phi) is 5.35. The molecular weight excluding hydrogens is 585 g/mol. The molecule has 4 heterocycles. The van der Waals surface area contributed by atoms with E-state index < -0.39 is 0 Å². The number of thiophene rings is 2. The summed E-state index contributed by atoms with van der Waals surface area (Å²) in [5, 5.41) is 5.22. The molecule has 210 valence electrons. The Labute approximate surface area is 267 Å². The minimum atomic E-state index is 1.02. The fraction of sp³-hybridized carbons (Fsp3) is 0. The van der Waals surface area contributed by atoms with E-state index in [9.17, 15) is 0 Å². The van der Waals surface area contributed by atoms with Crippen LogP contribution in [0.3, 0.4) is 0 Å². The molecule has 0 saturated heterocycles. The molecule has 0 bridgehead atoms. The lowest BCUT2D eigenvalue weighted by Gasteiger charge is -2.10. The molecule has 2 nitrogen and oxygen atoms in total. The smallest absolute Gasteiger partial charge is 0.156 e. The first-order chi connectivity index (χ1) is 22.3. The number of imidazole rings is 1. The molecule has 45 heavy (non-hydrogen) atoms. The van der Waals surface area contributed by atoms with Crippen LogP contribution in [0.5, 0.6) is 0 Å². The highest BCUT2D eigenvalue weighted by atomic mass is 32.1. The summed E-state index contributed by atoms with van der Waals surface area (Å²) >= 11 is 3.69. The molecule has 6 aromatic carbocycles. The summed E-state index contributed by atoms with van der Waals surface area (Å²) in [6, 6.07) is 53.0. The summed E-state index contributed by atoms with van der Waals surface area (Å²) < 4.78 is 7.54. The van der Waals surface area contributed by atoms with Crippen LogP contribution in [0.1, 0.15) is 0 Å². The van der Waals surface area contributed by atoms with Crippen LogP contribution in [0.4, 0.5) is 0 Å². The zero-order chi connectivity index (χ0) is 29.5. The predicted octanol–water partition coefficient (Wildman–Crippen LogP) is 12.2. The first kappa shape index (κ1) is 25.1. The highest BCUT2D eigenvalue weighted by Gasteiger charge is 2.17. The molecule has 0 saturated carbocycles. The van der Waals surface area contributed by atoms with Crippen LogP contribution in [0.25, 0.3) is 90.5 Å². The van der Waals surface area contributed by atoms with Gasteiger partial charge in [0.05, 0.1) is 21.4 Å². The van der Waals surface area contributed by atoms with Gasteiger partial charge in [-0.15, -0.1) is 22.7 Å². The number of para-hydroxylation sites is 2. The van der Waals surface area contributed by atoms with E-state index in [0.29, 0.717) is 0 Å². The monoisotopic (exact) mass is 608 g/mol. The lowest BCUT2D eigenvalue weighted by Crippen LogP contribution is -1.93. The third-order valence-corrected chi connectivity index (χ3v) is 11.4. The van der Waals surface area contributed by atoms with Crippen molar-refractivity contribution in [3.05, 3.63) is 146 Å². The van der Waals surface area contributed by atoms with Gasteiger partial charge >= 0.3 is 0 Å². The van der Waals surface area contributed by atoms with Crippen molar-refractivity contribution >= 4 is 79.7 Å². The molecular formula is C41H24N2S2. The fourth-order valence-corrected chi connectivity index (χ4v) is 9.05. The number of pyridine rings is 1. The van der Waals surface area contributed by atoms with Crippen LogP contribution < -0.4 is 0 Å². The maximum atomic E-state index is 5.13. The third kappa shape index (κ3) is 3.83. The van der Waals surface area contributed by atoms with E-state index >= 15 is 0 Å². The number of hydrogen-bond acceptors (Lipinski definition) is 3. The lowest BCUT2D eigenvalue weighted by molar-refractivity contribution is 1.25. The molecule has 0 atom stereocenters. The van der Waals surface area contributed by atoms with Crippen LogP contribution in [0, 0.1) is 0 Å². The van der Waals surface area contributed by atoms with E-state index in [1.807, 2.05) is 22.7 Å². The van der Waals surface area contributed by atoms with Gasteiger partial charge in [0.2, 0.25) is 0 Å². The second-order valence-corrected chi connectivity index (χ2v) is 13.7. The largest absolute Gasteiger partial charge is 0.291 e. The molecule has 0 aliphatic carbocycles. The van der Waals surface area contributed by atoms with Crippen molar-refractivity contribution < 1.29 is 0 Å². The highest BCUT2D eigenvalue weighted by molar-refractivity contribution is 7.26. The molecule has 0 unspecified atom stereocenters. The standard InChI is InChI=1S/C41H24N2S2/c1-5-11-37-30(7-1)32-23-29(21-22-39(32)44-37)27-15-13-25(14-16-27)26-17-19-28(20-18-26)36-24-33-31-8-2-6-12-38(31)45-40(33)41-42-34-9-3-4-10-35(34)43(36)41/h1-24H. The van der Waals surface area contributed by atoms with Crippen molar-refractivity contribution in [3.8, 4) is 33.5 Å². The number of rotatable bonds is 3. The Morgan fingerprint density at radius 2 is 0.978 bits per heavy atom. The Bertz CT molecular complexity index is 2740. The summed E-state index contributed by atoms with van der Waals surface area (Å²) in [5.41, 5.74) is 10.4. The average molecular weight is 609 g/mol. The van der Waals surface area contributed by atoms with Crippen molar-refractivity contribution in [1.29, 1.82) is 0 Å². The van der Waals surface area contributed by atoms with Gasteiger partial charge in [-0.05, 0) is 70.3 Å². The van der Waals surface area contributed by atoms with E-state index in [0.717, 1.165) is 22.4 Å². The Hall–Kier alpha value is -5.29. The summed E-state index contributed by atoms with van der Waals surface area (Å²) in [6.45, 7) is 0. The maximum absolute atomic E-state index is 5.13. The van der Waals surface area contributed by atoms with Gasteiger partial charge in [0.15, 0.2) is 5.65 Å². The van der Waals surface area contributed by atoms with Crippen LogP contribution in [0.15, 0.2) is 146 Å². The summed E-state index contributed by atoms with van der Waals surface area (Å²) in [4.78, 5) is 5.13. The highest BCUT2D eigenvalue weighted by Crippen LogP contribution is 2.41. The van der Waals surface area contributed by atoms with Gasteiger partial charge in [-0.2, -0.15) is 0 Å². The zero-order valence-electron chi connectivity index (χ0n) is 24.1. The minimum absolute atomic E-state index is 1.02. The van der Waals surface area contributed by atoms with Gasteiger partial charge in [-0.1, -0.05) is 103 Å². The molecule has 0 aliphatic heterocycles. The van der Waals surface area contributed by atoms with E-state index in [-0.39, 0.29) is 0 Å². The van der Waals surface area contributed by atoms with Crippen LogP contribution >= 0.6 is 22.7 Å². The summed E-state index contributed by atoms with van der Waals surface area (Å²) in [5.74, 6) is 0. The molecule has 0 radical (unpaired) electrons. The van der Waals surface area contributed by atoms with E-state index in [4.69, 9.17) is 4.98 Å².